The van der Waals surface area contributed by atoms with Gasteiger partial charge in [0.05, 0.1) is 37.2 Å². The maximum absolute atomic E-state index is 14.5. The number of carbonyl (C=O) groups is 2. The molecule has 0 saturated carbocycles. The number of nitrogens with one attached hydrogen (secondary N) is 1. The van der Waals surface area contributed by atoms with Gasteiger partial charge in [0.1, 0.15) is 17.2 Å². The van der Waals surface area contributed by atoms with Crippen LogP contribution in [0, 0.1) is 12.7 Å². The van der Waals surface area contributed by atoms with Crippen molar-refractivity contribution in [2.24, 2.45) is 0 Å². The predicted octanol–water partition coefficient (Wildman–Crippen LogP) is 3.72. The van der Waals surface area contributed by atoms with Crippen molar-refractivity contribution in [2.45, 2.75) is 13.5 Å². The Morgan fingerprint density at radius 3 is 2.71 bits per heavy atom. The maximum Gasteiger partial charge on any atom is 0.257 e. The SMILES string of the molecule is Cc1cc(-c2cc(C(=O)N3CCOCC3)c(F)cn2)cc2cc(CNC(=O)/C=C/c3ccc(N)nc3)oc12. The summed E-state index contributed by atoms with van der Waals surface area (Å²) >= 11 is 0. The van der Waals surface area contributed by atoms with Gasteiger partial charge < -0.3 is 25.1 Å². The van der Waals surface area contributed by atoms with Crippen molar-refractivity contribution in [2.75, 3.05) is 32.0 Å². The monoisotopic (exact) mass is 515 g/mol. The van der Waals surface area contributed by atoms with Crippen LogP contribution in [0.15, 0.2) is 59.3 Å². The van der Waals surface area contributed by atoms with Crippen LogP contribution in [0.5, 0.6) is 0 Å². The number of nitrogen functional groups attached to an aromatic ring is 1. The highest BCUT2D eigenvalue weighted by molar-refractivity contribution is 5.96. The molecule has 3 aromatic heterocycles. The normalized spacial score (nSPS) is 13.8. The minimum atomic E-state index is -0.661. The lowest BCUT2D eigenvalue weighted by Gasteiger charge is -2.27. The number of hydrogen-bond donors (Lipinski definition) is 2. The van der Waals surface area contributed by atoms with Gasteiger partial charge in [0.25, 0.3) is 5.91 Å². The second-order valence-electron chi connectivity index (χ2n) is 8.95. The molecule has 0 unspecified atom stereocenters. The van der Waals surface area contributed by atoms with Crippen LogP contribution in [0.3, 0.4) is 0 Å². The topological polar surface area (TPSA) is 124 Å². The maximum atomic E-state index is 14.5. The molecule has 194 valence electrons. The molecule has 1 aliphatic heterocycles. The van der Waals surface area contributed by atoms with E-state index in [2.05, 4.69) is 15.3 Å². The fourth-order valence-corrected chi connectivity index (χ4v) is 4.23. The van der Waals surface area contributed by atoms with Crippen molar-refractivity contribution in [3.8, 4) is 11.3 Å². The zero-order chi connectivity index (χ0) is 26.6. The van der Waals surface area contributed by atoms with Crippen LogP contribution in [-0.4, -0.2) is 53.0 Å². The molecule has 1 saturated heterocycles. The van der Waals surface area contributed by atoms with Crippen LogP contribution in [0.2, 0.25) is 0 Å². The van der Waals surface area contributed by atoms with E-state index in [1.165, 1.54) is 12.1 Å². The predicted molar refractivity (Wildman–Crippen MR) is 140 cm³/mol. The number of nitrogens with two attached hydrogens (primary N) is 1. The quantitative estimate of drug-likeness (QED) is 0.375. The smallest absolute Gasteiger partial charge is 0.257 e. The third kappa shape index (κ3) is 5.55. The molecular weight excluding hydrogens is 489 g/mol. The number of rotatable bonds is 6. The highest BCUT2D eigenvalue weighted by Gasteiger charge is 2.23. The fourth-order valence-electron chi connectivity index (χ4n) is 4.23. The third-order valence-electron chi connectivity index (χ3n) is 6.21. The molecule has 0 radical (unpaired) electrons. The Bertz CT molecular complexity index is 1520. The second kappa shape index (κ2) is 10.8. The summed E-state index contributed by atoms with van der Waals surface area (Å²) < 4.78 is 25.8. The van der Waals surface area contributed by atoms with E-state index >= 15 is 0 Å². The summed E-state index contributed by atoms with van der Waals surface area (Å²) in [4.78, 5) is 34.9. The number of benzene rings is 1. The summed E-state index contributed by atoms with van der Waals surface area (Å²) in [5, 5.41) is 3.60. The van der Waals surface area contributed by atoms with Crippen molar-refractivity contribution in [3.63, 3.8) is 0 Å². The molecule has 1 aliphatic rings. The summed E-state index contributed by atoms with van der Waals surface area (Å²) in [6, 6.07) is 10.5. The summed E-state index contributed by atoms with van der Waals surface area (Å²) in [6.07, 6.45) is 5.71. The van der Waals surface area contributed by atoms with Crippen LogP contribution in [0.1, 0.15) is 27.2 Å². The number of ether oxygens (including phenoxy) is 1. The average Bonchev–Trinajstić information content (AvgIpc) is 3.36. The largest absolute Gasteiger partial charge is 0.459 e. The molecule has 2 amide bonds. The molecule has 1 aromatic carbocycles. The van der Waals surface area contributed by atoms with Crippen LogP contribution < -0.4 is 11.1 Å². The molecule has 10 heteroatoms. The van der Waals surface area contributed by atoms with Crippen LogP contribution in [-0.2, 0) is 16.1 Å². The van der Waals surface area contributed by atoms with E-state index in [1.54, 1.807) is 29.3 Å². The zero-order valence-corrected chi connectivity index (χ0v) is 20.7. The minimum Gasteiger partial charge on any atom is -0.459 e. The molecule has 0 bridgehead atoms. The van der Waals surface area contributed by atoms with E-state index < -0.39 is 5.82 Å². The Morgan fingerprint density at radius 1 is 1.13 bits per heavy atom. The molecule has 38 heavy (non-hydrogen) atoms. The third-order valence-corrected chi connectivity index (χ3v) is 6.21. The van der Waals surface area contributed by atoms with Gasteiger partial charge in [0, 0.05) is 36.3 Å². The van der Waals surface area contributed by atoms with Crippen LogP contribution >= 0.6 is 0 Å². The zero-order valence-electron chi connectivity index (χ0n) is 20.7. The molecule has 0 spiro atoms. The first kappa shape index (κ1) is 25.1. The number of aryl methyl sites for hydroxylation is 1. The number of morpholine rings is 1. The number of carbonyl (C=O) groups excluding carboxylic acids is 2. The van der Waals surface area contributed by atoms with Crippen LogP contribution in [0.25, 0.3) is 28.3 Å². The van der Waals surface area contributed by atoms with Crippen molar-refractivity contribution in [1.82, 2.24) is 20.2 Å². The van der Waals surface area contributed by atoms with Crippen LogP contribution in [0.4, 0.5) is 10.2 Å². The van der Waals surface area contributed by atoms with E-state index in [1.807, 2.05) is 25.1 Å². The van der Waals surface area contributed by atoms with Gasteiger partial charge >= 0.3 is 0 Å². The Labute approximate surface area is 218 Å². The number of nitrogens with zero attached hydrogens (tertiary/aromatic N) is 3. The number of amides is 2. The molecule has 5 rings (SSSR count). The van der Waals surface area contributed by atoms with Crippen molar-refractivity contribution >= 4 is 34.7 Å². The molecule has 3 N–H and O–H groups in total. The van der Waals surface area contributed by atoms with E-state index in [-0.39, 0.29) is 23.9 Å². The van der Waals surface area contributed by atoms with Gasteiger partial charge in [-0.3, -0.25) is 14.6 Å². The molecule has 4 aromatic rings. The van der Waals surface area contributed by atoms with E-state index in [4.69, 9.17) is 14.9 Å². The van der Waals surface area contributed by atoms with Crippen molar-refractivity contribution < 1.29 is 23.1 Å². The number of anilines is 1. The second-order valence-corrected chi connectivity index (χ2v) is 8.95. The Kier molecular flexibility index (Phi) is 7.14. The molecule has 4 heterocycles. The first-order chi connectivity index (χ1) is 18.4. The lowest BCUT2D eigenvalue weighted by atomic mass is 10.0. The van der Waals surface area contributed by atoms with Gasteiger partial charge in [0.15, 0.2) is 5.82 Å². The summed E-state index contributed by atoms with van der Waals surface area (Å²) in [7, 11) is 0. The van der Waals surface area contributed by atoms with Gasteiger partial charge in [-0.2, -0.15) is 0 Å². The van der Waals surface area contributed by atoms with Gasteiger partial charge in [0.2, 0.25) is 5.91 Å². The molecule has 0 atom stereocenters. The average molecular weight is 516 g/mol. The first-order valence-corrected chi connectivity index (χ1v) is 12.1. The number of aromatic nitrogens is 2. The number of furan rings is 1. The number of fused-ring (bicyclic) bond motifs is 1. The molecule has 9 nitrogen and oxygen atoms in total. The van der Waals surface area contributed by atoms with Gasteiger partial charge in [-0.05, 0) is 60.5 Å². The van der Waals surface area contributed by atoms with E-state index in [0.717, 1.165) is 28.3 Å². The molecule has 0 aliphatic carbocycles. The minimum absolute atomic E-state index is 0.0203. The number of pyridine rings is 2. The van der Waals surface area contributed by atoms with E-state index in [0.29, 0.717) is 49.2 Å². The van der Waals surface area contributed by atoms with Crippen molar-refractivity contribution in [3.05, 3.63) is 83.1 Å². The Balaban J connectivity index is 1.32. The standard InChI is InChI=1S/C28H26FN5O4/c1-17-10-19(24-13-22(23(29)16-31-24)28(36)34-6-8-37-9-7-34)11-20-12-21(38-27(17)20)15-33-26(35)5-3-18-2-4-25(30)32-14-18/h2-5,10-14,16H,6-9,15H2,1H3,(H2,30,32)(H,33,35)/b5-3+. The fraction of sp³-hybridized carbons (Fsp3) is 0.214. The van der Waals surface area contributed by atoms with Gasteiger partial charge in [-0.15, -0.1) is 0 Å². The Morgan fingerprint density at radius 2 is 1.95 bits per heavy atom. The number of hydrogen-bond acceptors (Lipinski definition) is 7. The van der Waals surface area contributed by atoms with Gasteiger partial charge in [-0.1, -0.05) is 0 Å². The summed E-state index contributed by atoms with van der Waals surface area (Å²) in [5.74, 6) is -0.340. The highest BCUT2D eigenvalue weighted by Crippen LogP contribution is 2.30. The Hall–Kier alpha value is -4.57. The highest BCUT2D eigenvalue weighted by atomic mass is 19.1. The number of halogens is 1. The first-order valence-electron chi connectivity index (χ1n) is 12.1. The molecule has 1 fully saturated rings. The lowest BCUT2D eigenvalue weighted by molar-refractivity contribution is -0.116. The molecular formula is C28H26FN5O4. The summed E-state index contributed by atoms with van der Waals surface area (Å²) in [5.41, 5.74) is 9.03. The van der Waals surface area contributed by atoms with E-state index in [9.17, 15) is 14.0 Å². The summed E-state index contributed by atoms with van der Waals surface area (Å²) in [6.45, 7) is 3.79. The lowest BCUT2D eigenvalue weighted by Crippen LogP contribution is -2.41. The van der Waals surface area contributed by atoms with Gasteiger partial charge in [-0.25, -0.2) is 9.37 Å². The van der Waals surface area contributed by atoms with Crippen molar-refractivity contribution in [1.29, 1.82) is 0 Å².